The molecule has 4 rings (SSSR count). The molecule has 0 saturated carbocycles. The van der Waals surface area contributed by atoms with E-state index in [4.69, 9.17) is 0 Å². The third-order valence-corrected chi connectivity index (χ3v) is 6.02. The molecule has 1 fully saturated rings. The van der Waals surface area contributed by atoms with Gasteiger partial charge in [-0.15, -0.1) is 11.3 Å². The van der Waals surface area contributed by atoms with Gasteiger partial charge in [0.1, 0.15) is 0 Å². The number of aryl methyl sites for hydroxylation is 2. The van der Waals surface area contributed by atoms with Crippen molar-refractivity contribution in [3.8, 4) is 0 Å². The highest BCUT2D eigenvalue weighted by atomic mass is 32.1. The van der Waals surface area contributed by atoms with Gasteiger partial charge in [-0.05, 0) is 43.5 Å². The summed E-state index contributed by atoms with van der Waals surface area (Å²) in [5, 5.41) is 1.98. The number of piperazine rings is 1. The molecule has 1 aliphatic rings. The van der Waals surface area contributed by atoms with Crippen molar-refractivity contribution >= 4 is 34.2 Å². The molecule has 28 heavy (non-hydrogen) atoms. The average molecular weight is 395 g/mol. The number of hydrogen-bond donors (Lipinski definition) is 0. The van der Waals surface area contributed by atoms with Gasteiger partial charge in [-0.3, -0.25) is 9.59 Å². The zero-order chi connectivity index (χ0) is 19.7. The number of fused-ring (bicyclic) bond motifs is 1. The molecule has 0 N–H and O–H groups in total. The summed E-state index contributed by atoms with van der Waals surface area (Å²) in [6.07, 6.45) is 0.438. The maximum absolute atomic E-state index is 12.9. The number of hydrogen-bond acceptors (Lipinski definition) is 5. The number of rotatable bonds is 3. The first-order chi connectivity index (χ1) is 13.5. The maximum atomic E-state index is 12.9. The number of benzene rings is 1. The van der Waals surface area contributed by atoms with Gasteiger partial charge in [0.05, 0.1) is 28.8 Å². The lowest BCUT2D eigenvalue weighted by Crippen LogP contribution is -2.50. The molecule has 7 heteroatoms. The number of aromatic nitrogens is 2. The van der Waals surface area contributed by atoms with E-state index >= 15 is 0 Å². The molecule has 0 spiro atoms. The lowest BCUT2D eigenvalue weighted by atomic mass is 10.1. The van der Waals surface area contributed by atoms with Crippen LogP contribution in [0.3, 0.4) is 0 Å². The van der Waals surface area contributed by atoms with Crippen LogP contribution in [0.25, 0.3) is 11.0 Å². The average Bonchev–Trinajstić information content (AvgIpc) is 3.21. The Balaban J connectivity index is 1.41. The molecule has 0 bridgehead atoms. The second-order valence-corrected chi connectivity index (χ2v) is 8.06. The fraction of sp³-hybridized carbons (Fsp3) is 0.333. The number of nitrogens with zero attached hydrogens (tertiary/aromatic N) is 4. The monoisotopic (exact) mass is 394 g/mol. The number of carbonyl (C=O) groups excluding carboxylic acids is 2. The van der Waals surface area contributed by atoms with Gasteiger partial charge in [-0.25, -0.2) is 9.97 Å². The SMILES string of the molecule is Cc1nc2ccc(C(=O)N3CCN(C(=O)Cc4cccs4)CC3)cc2nc1C. The van der Waals surface area contributed by atoms with Crippen molar-refractivity contribution in [3.05, 3.63) is 57.5 Å². The van der Waals surface area contributed by atoms with E-state index in [1.807, 2.05) is 59.4 Å². The summed E-state index contributed by atoms with van der Waals surface area (Å²) in [7, 11) is 0. The van der Waals surface area contributed by atoms with Crippen LogP contribution < -0.4 is 0 Å². The quantitative estimate of drug-likeness (QED) is 0.685. The lowest BCUT2D eigenvalue weighted by Gasteiger charge is -2.34. The normalized spacial score (nSPS) is 14.5. The first-order valence-electron chi connectivity index (χ1n) is 9.36. The minimum absolute atomic E-state index is 0.0210. The van der Waals surface area contributed by atoms with Gasteiger partial charge < -0.3 is 9.80 Å². The highest BCUT2D eigenvalue weighted by Gasteiger charge is 2.25. The van der Waals surface area contributed by atoms with Crippen molar-refractivity contribution in [2.24, 2.45) is 0 Å². The van der Waals surface area contributed by atoms with Crippen LogP contribution in [0.4, 0.5) is 0 Å². The molecule has 0 radical (unpaired) electrons. The topological polar surface area (TPSA) is 66.4 Å². The molecule has 0 atom stereocenters. The predicted octanol–water partition coefficient (Wildman–Crippen LogP) is 2.84. The van der Waals surface area contributed by atoms with E-state index < -0.39 is 0 Å². The van der Waals surface area contributed by atoms with E-state index in [1.54, 1.807) is 11.3 Å². The Morgan fingerprint density at radius 3 is 2.32 bits per heavy atom. The zero-order valence-electron chi connectivity index (χ0n) is 16.0. The molecule has 3 heterocycles. The largest absolute Gasteiger partial charge is 0.339 e. The molecule has 3 aromatic rings. The third kappa shape index (κ3) is 3.75. The lowest BCUT2D eigenvalue weighted by molar-refractivity contribution is -0.131. The summed E-state index contributed by atoms with van der Waals surface area (Å²) in [4.78, 5) is 39.1. The smallest absolute Gasteiger partial charge is 0.254 e. The second kappa shape index (κ2) is 7.67. The standard InChI is InChI=1S/C21H22N4O2S/c1-14-15(2)23-19-12-16(5-6-18(19)22-14)21(27)25-9-7-24(8-10-25)20(26)13-17-4-3-11-28-17/h3-6,11-12H,7-10,13H2,1-2H3. The van der Waals surface area contributed by atoms with Crippen molar-refractivity contribution in [1.82, 2.24) is 19.8 Å². The van der Waals surface area contributed by atoms with Crippen molar-refractivity contribution < 1.29 is 9.59 Å². The van der Waals surface area contributed by atoms with E-state index in [-0.39, 0.29) is 11.8 Å². The van der Waals surface area contributed by atoms with E-state index in [1.165, 1.54) is 0 Å². The molecule has 1 aliphatic heterocycles. The fourth-order valence-electron chi connectivity index (χ4n) is 3.38. The van der Waals surface area contributed by atoms with Crippen molar-refractivity contribution in [1.29, 1.82) is 0 Å². The molecular weight excluding hydrogens is 372 g/mol. The maximum Gasteiger partial charge on any atom is 0.254 e. The van der Waals surface area contributed by atoms with E-state index in [0.717, 1.165) is 27.3 Å². The van der Waals surface area contributed by atoms with E-state index in [2.05, 4.69) is 9.97 Å². The molecule has 0 aliphatic carbocycles. The molecule has 1 saturated heterocycles. The molecule has 1 aromatic carbocycles. The van der Waals surface area contributed by atoms with E-state index in [9.17, 15) is 9.59 Å². The Morgan fingerprint density at radius 1 is 0.964 bits per heavy atom. The van der Waals surface area contributed by atoms with Gasteiger partial charge in [0.25, 0.3) is 5.91 Å². The molecule has 2 aromatic heterocycles. The molecular formula is C21H22N4O2S. The molecule has 0 unspecified atom stereocenters. The minimum atomic E-state index is -0.0210. The Kier molecular flexibility index (Phi) is 5.09. The first-order valence-corrected chi connectivity index (χ1v) is 10.2. The predicted molar refractivity (Wildman–Crippen MR) is 110 cm³/mol. The van der Waals surface area contributed by atoms with Crippen LogP contribution in [0, 0.1) is 13.8 Å². The highest BCUT2D eigenvalue weighted by Crippen LogP contribution is 2.17. The van der Waals surface area contributed by atoms with Gasteiger partial charge in [0, 0.05) is 36.6 Å². The van der Waals surface area contributed by atoms with Crippen LogP contribution >= 0.6 is 11.3 Å². The van der Waals surface area contributed by atoms with Crippen LogP contribution in [0.2, 0.25) is 0 Å². The number of thiophene rings is 1. The summed E-state index contributed by atoms with van der Waals surface area (Å²) in [5.74, 6) is 0.105. The Morgan fingerprint density at radius 2 is 1.64 bits per heavy atom. The van der Waals surface area contributed by atoms with Crippen LogP contribution in [0.1, 0.15) is 26.6 Å². The van der Waals surface area contributed by atoms with Crippen molar-refractivity contribution in [2.75, 3.05) is 26.2 Å². The Hall–Kier alpha value is -2.80. The van der Waals surface area contributed by atoms with Crippen molar-refractivity contribution in [2.45, 2.75) is 20.3 Å². The van der Waals surface area contributed by atoms with Gasteiger partial charge in [-0.2, -0.15) is 0 Å². The number of amides is 2. The molecule has 144 valence electrons. The van der Waals surface area contributed by atoms with Gasteiger partial charge in [0.15, 0.2) is 0 Å². The zero-order valence-corrected chi connectivity index (χ0v) is 16.8. The Bertz CT molecular complexity index is 1020. The van der Waals surface area contributed by atoms with Gasteiger partial charge in [-0.1, -0.05) is 6.07 Å². The highest BCUT2D eigenvalue weighted by molar-refractivity contribution is 7.10. The summed E-state index contributed by atoms with van der Waals surface area (Å²) in [5.41, 5.74) is 3.91. The van der Waals surface area contributed by atoms with Gasteiger partial charge >= 0.3 is 0 Å². The van der Waals surface area contributed by atoms with Crippen LogP contribution in [-0.4, -0.2) is 57.8 Å². The first kappa shape index (κ1) is 18.6. The Labute approximate surface area is 167 Å². The summed E-state index contributed by atoms with van der Waals surface area (Å²) in [6.45, 7) is 6.09. The summed E-state index contributed by atoms with van der Waals surface area (Å²) < 4.78 is 0. The fourth-order valence-corrected chi connectivity index (χ4v) is 4.08. The van der Waals surface area contributed by atoms with Crippen LogP contribution in [-0.2, 0) is 11.2 Å². The minimum Gasteiger partial charge on any atom is -0.339 e. The van der Waals surface area contributed by atoms with E-state index in [0.29, 0.717) is 38.2 Å². The summed E-state index contributed by atoms with van der Waals surface area (Å²) in [6, 6.07) is 9.41. The van der Waals surface area contributed by atoms with Crippen LogP contribution in [0.5, 0.6) is 0 Å². The van der Waals surface area contributed by atoms with Crippen molar-refractivity contribution in [3.63, 3.8) is 0 Å². The molecule has 6 nitrogen and oxygen atoms in total. The second-order valence-electron chi connectivity index (χ2n) is 7.03. The third-order valence-electron chi connectivity index (χ3n) is 5.15. The van der Waals surface area contributed by atoms with Crippen LogP contribution in [0.15, 0.2) is 35.7 Å². The summed E-state index contributed by atoms with van der Waals surface area (Å²) >= 11 is 1.60. The molecule has 2 amide bonds. The van der Waals surface area contributed by atoms with Gasteiger partial charge in [0.2, 0.25) is 5.91 Å². The number of carbonyl (C=O) groups is 2.